The molecule has 4 aromatic rings. The average Bonchev–Trinajstić information content (AvgIpc) is 3.26. The predicted molar refractivity (Wildman–Crippen MR) is 162 cm³/mol. The number of halogens is 1. The molecular weight excluding hydrogens is 558 g/mol. The van der Waals surface area contributed by atoms with Crippen molar-refractivity contribution in [3.8, 4) is 23.8 Å². The number of hydrogen-bond donors (Lipinski definition) is 1. The van der Waals surface area contributed by atoms with Crippen molar-refractivity contribution >= 4 is 40.6 Å². The van der Waals surface area contributed by atoms with Crippen LogP contribution in [0.1, 0.15) is 29.7 Å². The number of para-hydroxylation sites is 1. The summed E-state index contributed by atoms with van der Waals surface area (Å²) in [7, 11) is 1.50. The number of carbonyl (C=O) groups is 1. The number of aryl methyl sites for hydroxylation is 1. The van der Waals surface area contributed by atoms with Crippen LogP contribution in [0.3, 0.4) is 0 Å². The minimum absolute atomic E-state index is 0.0343. The smallest absolute Gasteiger partial charge is 0.271 e. The van der Waals surface area contributed by atoms with Gasteiger partial charge >= 0.3 is 0 Å². The molecule has 3 aromatic carbocycles. The summed E-state index contributed by atoms with van der Waals surface area (Å²) in [5.41, 5.74) is 3.81. The minimum atomic E-state index is -0.671. The van der Waals surface area contributed by atoms with E-state index in [-0.39, 0.29) is 18.1 Å². The first-order chi connectivity index (χ1) is 19.8. The summed E-state index contributed by atoms with van der Waals surface area (Å²) in [6, 6.07) is 19.7. The molecule has 1 atom stereocenters. The second-order valence-electron chi connectivity index (χ2n) is 9.34. The molecule has 0 spiro atoms. The fourth-order valence-corrected chi connectivity index (χ4v) is 5.94. The maximum absolute atomic E-state index is 14.0. The lowest BCUT2D eigenvalue weighted by atomic mass is 9.94. The van der Waals surface area contributed by atoms with Gasteiger partial charge in [0.25, 0.3) is 11.5 Å². The molecular formula is C32H26ClN3O4S. The second kappa shape index (κ2) is 11.9. The first kappa shape index (κ1) is 28.0. The van der Waals surface area contributed by atoms with E-state index in [0.717, 1.165) is 11.1 Å². The summed E-state index contributed by atoms with van der Waals surface area (Å²) in [5, 5.41) is 3.26. The molecule has 0 aliphatic carbocycles. The van der Waals surface area contributed by atoms with Crippen LogP contribution in [0.25, 0.3) is 6.08 Å². The van der Waals surface area contributed by atoms with Gasteiger partial charge in [-0.2, -0.15) is 0 Å². The highest BCUT2D eigenvalue weighted by atomic mass is 35.5. The monoisotopic (exact) mass is 583 g/mol. The zero-order valence-electron chi connectivity index (χ0n) is 22.6. The van der Waals surface area contributed by atoms with Crippen molar-refractivity contribution in [3.05, 3.63) is 119 Å². The SMILES string of the molecule is C#CCOc1c(Cl)cc(/C=c2\sc3n(c2=O)[C@@H](c2ccc(C)cc2)C(C(=O)Nc2ccccc2)=C(C)N=3)cc1OC. The van der Waals surface area contributed by atoms with E-state index in [4.69, 9.17) is 32.5 Å². The molecule has 9 heteroatoms. The third-order valence-corrected chi connectivity index (χ3v) is 7.80. The van der Waals surface area contributed by atoms with Crippen LogP contribution < -0.4 is 29.7 Å². The van der Waals surface area contributed by atoms with Gasteiger partial charge in [-0.25, -0.2) is 4.99 Å². The first-order valence-electron chi connectivity index (χ1n) is 12.7. The molecule has 0 bridgehead atoms. The van der Waals surface area contributed by atoms with Crippen molar-refractivity contribution in [1.29, 1.82) is 0 Å². The van der Waals surface area contributed by atoms with Crippen LogP contribution in [0, 0.1) is 19.3 Å². The van der Waals surface area contributed by atoms with Crippen molar-refractivity contribution in [2.24, 2.45) is 4.99 Å². The highest BCUT2D eigenvalue weighted by molar-refractivity contribution is 7.07. The van der Waals surface area contributed by atoms with Crippen LogP contribution in [0.2, 0.25) is 5.02 Å². The third kappa shape index (κ3) is 5.68. The van der Waals surface area contributed by atoms with E-state index in [0.29, 0.717) is 48.4 Å². The lowest BCUT2D eigenvalue weighted by Crippen LogP contribution is -2.40. The molecule has 0 saturated heterocycles. The molecule has 206 valence electrons. The number of nitrogens with zero attached hydrogens (tertiary/aromatic N) is 2. The number of nitrogens with one attached hydrogen (secondary N) is 1. The number of terminal acetylenes is 1. The van der Waals surface area contributed by atoms with Crippen LogP contribution >= 0.6 is 22.9 Å². The van der Waals surface area contributed by atoms with Gasteiger partial charge in [-0.15, -0.1) is 6.42 Å². The third-order valence-electron chi connectivity index (χ3n) is 6.54. The molecule has 1 aliphatic heterocycles. The standard InChI is InChI=1S/C32H26ClN3O4S/c1-5-15-40-29-24(33)16-21(17-25(29)39-4)18-26-31(38)36-28(22-13-11-19(2)12-14-22)27(20(3)34-32(36)41-26)30(37)35-23-9-7-6-8-10-23/h1,6-14,16-18,28H,15H2,2-4H3,(H,35,37)/b26-18-/t28-/m0/s1. The predicted octanol–water partition coefficient (Wildman–Crippen LogP) is 4.86. The van der Waals surface area contributed by atoms with E-state index in [1.54, 1.807) is 29.7 Å². The lowest BCUT2D eigenvalue weighted by Gasteiger charge is -2.25. The summed E-state index contributed by atoms with van der Waals surface area (Å²) in [6.07, 6.45) is 7.03. The van der Waals surface area contributed by atoms with Crippen molar-refractivity contribution in [2.45, 2.75) is 19.9 Å². The summed E-state index contributed by atoms with van der Waals surface area (Å²) in [5.74, 6) is 2.80. The van der Waals surface area contributed by atoms with Crippen molar-refractivity contribution < 1.29 is 14.3 Å². The molecule has 5 rings (SSSR count). The normalized spacial score (nSPS) is 14.6. The Morgan fingerprint density at radius 1 is 1.17 bits per heavy atom. The molecule has 41 heavy (non-hydrogen) atoms. The number of thiazole rings is 1. The Balaban J connectivity index is 1.64. The van der Waals surface area contributed by atoms with Gasteiger partial charge in [0.05, 0.1) is 34.0 Å². The number of fused-ring (bicyclic) bond motifs is 1. The zero-order valence-corrected chi connectivity index (χ0v) is 24.2. The second-order valence-corrected chi connectivity index (χ2v) is 10.8. The van der Waals surface area contributed by atoms with Crippen molar-refractivity contribution in [2.75, 3.05) is 19.0 Å². The summed E-state index contributed by atoms with van der Waals surface area (Å²) in [4.78, 5) is 32.8. The van der Waals surface area contributed by atoms with Gasteiger partial charge in [0.15, 0.2) is 16.3 Å². The van der Waals surface area contributed by atoms with E-state index in [1.165, 1.54) is 18.4 Å². The number of hydrogen-bond acceptors (Lipinski definition) is 6. The molecule has 1 amide bonds. The summed E-state index contributed by atoms with van der Waals surface area (Å²) < 4.78 is 13.0. The topological polar surface area (TPSA) is 81.9 Å². The van der Waals surface area contributed by atoms with E-state index in [9.17, 15) is 9.59 Å². The van der Waals surface area contributed by atoms with Gasteiger partial charge < -0.3 is 14.8 Å². The van der Waals surface area contributed by atoms with E-state index in [1.807, 2.05) is 61.5 Å². The highest BCUT2D eigenvalue weighted by Crippen LogP contribution is 2.36. The maximum Gasteiger partial charge on any atom is 0.271 e. The Morgan fingerprint density at radius 2 is 1.90 bits per heavy atom. The van der Waals surface area contributed by atoms with Crippen molar-refractivity contribution in [3.63, 3.8) is 0 Å². The molecule has 7 nitrogen and oxygen atoms in total. The number of carbonyl (C=O) groups excluding carboxylic acids is 1. The van der Waals surface area contributed by atoms with Crippen LogP contribution in [0.15, 0.2) is 87.8 Å². The van der Waals surface area contributed by atoms with Gasteiger partial charge in [0, 0.05) is 5.69 Å². The lowest BCUT2D eigenvalue weighted by molar-refractivity contribution is -0.113. The number of amides is 1. The Labute approximate surface area is 246 Å². The van der Waals surface area contributed by atoms with Gasteiger partial charge in [-0.3, -0.25) is 14.2 Å². The van der Waals surface area contributed by atoms with Gasteiger partial charge in [0.2, 0.25) is 0 Å². The van der Waals surface area contributed by atoms with E-state index < -0.39 is 6.04 Å². The number of methoxy groups -OCH3 is 1. The van der Waals surface area contributed by atoms with Gasteiger partial charge in [-0.05, 0) is 55.3 Å². The number of anilines is 1. The number of rotatable bonds is 7. The fraction of sp³-hybridized carbons (Fsp3) is 0.156. The molecule has 1 N–H and O–H groups in total. The number of ether oxygens (including phenoxy) is 2. The average molecular weight is 584 g/mol. The van der Waals surface area contributed by atoms with E-state index in [2.05, 4.69) is 11.2 Å². The number of benzene rings is 3. The van der Waals surface area contributed by atoms with Crippen LogP contribution in [-0.2, 0) is 4.79 Å². The number of aromatic nitrogens is 1. The Kier molecular flexibility index (Phi) is 8.11. The van der Waals surface area contributed by atoms with Crippen molar-refractivity contribution in [1.82, 2.24) is 4.57 Å². The Hall–Kier alpha value is -4.58. The maximum atomic E-state index is 14.0. The summed E-state index contributed by atoms with van der Waals surface area (Å²) in [6.45, 7) is 3.81. The zero-order chi connectivity index (χ0) is 29.1. The van der Waals surface area contributed by atoms with Crippen LogP contribution in [-0.4, -0.2) is 24.2 Å². The summed E-state index contributed by atoms with van der Waals surface area (Å²) >= 11 is 7.71. The van der Waals surface area contributed by atoms with Gasteiger partial charge in [-0.1, -0.05) is 76.9 Å². The molecule has 0 radical (unpaired) electrons. The molecule has 0 saturated carbocycles. The van der Waals surface area contributed by atoms with Gasteiger partial charge in [0.1, 0.15) is 6.61 Å². The molecule has 0 unspecified atom stereocenters. The first-order valence-corrected chi connectivity index (χ1v) is 13.9. The molecule has 1 aliphatic rings. The minimum Gasteiger partial charge on any atom is -0.493 e. The molecule has 0 fully saturated rings. The number of allylic oxidation sites excluding steroid dienone is 1. The Bertz CT molecular complexity index is 1880. The van der Waals surface area contributed by atoms with Crippen LogP contribution in [0.5, 0.6) is 11.5 Å². The largest absolute Gasteiger partial charge is 0.493 e. The van der Waals surface area contributed by atoms with Crippen LogP contribution in [0.4, 0.5) is 5.69 Å². The van der Waals surface area contributed by atoms with E-state index >= 15 is 0 Å². The fourth-order valence-electron chi connectivity index (χ4n) is 4.62. The quantitative estimate of drug-likeness (QED) is 0.315. The Morgan fingerprint density at radius 3 is 2.59 bits per heavy atom. The highest BCUT2D eigenvalue weighted by Gasteiger charge is 2.32. The molecule has 2 heterocycles. The molecule has 1 aromatic heterocycles.